The second-order valence-electron chi connectivity index (χ2n) is 2.16. The topological polar surface area (TPSA) is 0 Å². The van der Waals surface area contributed by atoms with Crippen molar-refractivity contribution in [2.45, 2.75) is 0 Å². The van der Waals surface area contributed by atoms with Crippen LogP contribution in [0.15, 0.2) is 34.1 Å². The molecule has 2 rings (SSSR count). The van der Waals surface area contributed by atoms with Crippen LogP contribution in [0.2, 0.25) is 0 Å². The zero-order chi connectivity index (χ0) is 6.81. The van der Waals surface area contributed by atoms with Crippen LogP contribution in [-0.4, -0.2) is 11.5 Å². The molecule has 10 heavy (non-hydrogen) atoms. The fourth-order valence-corrected chi connectivity index (χ4v) is 3.46. The summed E-state index contributed by atoms with van der Waals surface area (Å²) in [6.45, 7) is 0. The van der Waals surface area contributed by atoms with Crippen molar-refractivity contribution in [3.05, 3.63) is 34.1 Å². The molecule has 1 heterocycles. The Labute approximate surface area is 69.5 Å². The molecule has 0 amide bonds. The number of allylic oxidation sites excluding steroid dienone is 5. The van der Waals surface area contributed by atoms with E-state index in [1.807, 2.05) is 23.5 Å². The van der Waals surface area contributed by atoms with E-state index in [9.17, 15) is 0 Å². The van der Waals surface area contributed by atoms with Crippen LogP contribution < -0.4 is 0 Å². The Kier molecular flexibility index (Phi) is 1.91. The highest BCUT2D eigenvalue weighted by Crippen LogP contribution is 2.39. The molecule has 1 fully saturated rings. The zero-order valence-corrected chi connectivity index (χ0v) is 7.17. The zero-order valence-electron chi connectivity index (χ0n) is 5.54. The molecular formula is C8H8S2. The quantitative estimate of drug-likeness (QED) is 0.545. The molecule has 52 valence electrons. The molecule has 1 saturated heterocycles. The second-order valence-corrected chi connectivity index (χ2v) is 4.63. The third-order valence-corrected chi connectivity index (χ3v) is 4.23. The first-order chi connectivity index (χ1) is 4.97. The molecule has 1 aliphatic heterocycles. The number of hydrogen-bond donors (Lipinski definition) is 0. The lowest BCUT2D eigenvalue weighted by Crippen LogP contribution is -1.68. The van der Waals surface area contributed by atoms with Crippen molar-refractivity contribution >= 4 is 23.5 Å². The van der Waals surface area contributed by atoms with Crippen molar-refractivity contribution in [3.8, 4) is 0 Å². The highest BCUT2D eigenvalue weighted by molar-refractivity contribution is 8.25. The van der Waals surface area contributed by atoms with Crippen LogP contribution in [0.25, 0.3) is 0 Å². The maximum atomic E-state index is 2.18. The monoisotopic (exact) mass is 168 g/mol. The maximum Gasteiger partial charge on any atom is 0.0474 e. The van der Waals surface area contributed by atoms with Gasteiger partial charge in [0.1, 0.15) is 0 Å². The summed E-state index contributed by atoms with van der Waals surface area (Å²) in [5.74, 6) is 2.57. The minimum Gasteiger partial charge on any atom is -0.118 e. The van der Waals surface area contributed by atoms with Gasteiger partial charge in [-0.2, -0.15) is 0 Å². The summed E-state index contributed by atoms with van der Waals surface area (Å²) < 4.78 is 1.50. The lowest BCUT2D eigenvalue weighted by molar-refractivity contribution is 1.59. The van der Waals surface area contributed by atoms with Crippen molar-refractivity contribution in [2.75, 3.05) is 11.5 Å². The van der Waals surface area contributed by atoms with Crippen molar-refractivity contribution in [1.29, 1.82) is 0 Å². The summed E-state index contributed by atoms with van der Waals surface area (Å²) in [7, 11) is 0. The van der Waals surface area contributed by atoms with E-state index >= 15 is 0 Å². The van der Waals surface area contributed by atoms with Crippen LogP contribution in [0.5, 0.6) is 0 Å². The highest BCUT2D eigenvalue weighted by atomic mass is 32.2. The predicted molar refractivity (Wildman–Crippen MR) is 50.2 cm³/mol. The van der Waals surface area contributed by atoms with Crippen LogP contribution in [0.4, 0.5) is 0 Å². The molecule has 0 saturated carbocycles. The van der Waals surface area contributed by atoms with E-state index in [1.54, 1.807) is 0 Å². The lowest BCUT2D eigenvalue weighted by atomic mass is 10.3. The Hall–Kier alpha value is -0.0800. The number of thioether (sulfide) groups is 2. The van der Waals surface area contributed by atoms with Gasteiger partial charge in [0.25, 0.3) is 0 Å². The summed E-state index contributed by atoms with van der Waals surface area (Å²) in [4.78, 5) is 0. The predicted octanol–water partition coefficient (Wildman–Crippen LogP) is 2.80. The van der Waals surface area contributed by atoms with E-state index in [-0.39, 0.29) is 0 Å². The molecule has 0 atom stereocenters. The van der Waals surface area contributed by atoms with Crippen LogP contribution in [0.3, 0.4) is 0 Å². The molecule has 0 nitrogen and oxygen atoms in total. The summed E-state index contributed by atoms with van der Waals surface area (Å²) >= 11 is 3.96. The van der Waals surface area contributed by atoms with E-state index < -0.39 is 0 Å². The van der Waals surface area contributed by atoms with Crippen LogP contribution in [0.1, 0.15) is 0 Å². The third-order valence-electron chi connectivity index (χ3n) is 1.45. The molecule has 0 aromatic carbocycles. The molecule has 0 aromatic heterocycles. The van der Waals surface area contributed by atoms with Gasteiger partial charge in [-0.1, -0.05) is 24.3 Å². The van der Waals surface area contributed by atoms with Gasteiger partial charge in [-0.05, 0) is 5.57 Å². The van der Waals surface area contributed by atoms with Crippen molar-refractivity contribution in [2.24, 2.45) is 0 Å². The van der Waals surface area contributed by atoms with E-state index in [4.69, 9.17) is 0 Å². The molecule has 0 N–H and O–H groups in total. The summed E-state index contributed by atoms with van der Waals surface area (Å²) in [5.41, 5.74) is 1.41. The van der Waals surface area contributed by atoms with E-state index in [0.29, 0.717) is 0 Å². The minimum atomic E-state index is 1.28. The van der Waals surface area contributed by atoms with Gasteiger partial charge in [0, 0.05) is 15.7 Å². The molecule has 0 unspecified atom stereocenters. The largest absolute Gasteiger partial charge is 0.118 e. The Morgan fingerprint density at radius 2 is 1.60 bits per heavy atom. The van der Waals surface area contributed by atoms with Gasteiger partial charge in [-0.25, -0.2) is 0 Å². The lowest BCUT2D eigenvalue weighted by Gasteiger charge is -1.94. The Morgan fingerprint density at radius 3 is 2.20 bits per heavy atom. The van der Waals surface area contributed by atoms with Crippen LogP contribution in [-0.2, 0) is 0 Å². The van der Waals surface area contributed by atoms with Crippen LogP contribution in [0, 0.1) is 0 Å². The van der Waals surface area contributed by atoms with Crippen molar-refractivity contribution in [3.63, 3.8) is 0 Å². The van der Waals surface area contributed by atoms with Gasteiger partial charge >= 0.3 is 0 Å². The van der Waals surface area contributed by atoms with E-state index in [0.717, 1.165) is 0 Å². The van der Waals surface area contributed by atoms with Gasteiger partial charge in [0.2, 0.25) is 0 Å². The standard InChI is InChI=1S/C8H8S2/c1-2-4-7(3-1)8-9-5-6-10-8/h1-4H,5-6H2. The summed E-state index contributed by atoms with van der Waals surface area (Å²) in [5, 5.41) is 0. The first kappa shape index (κ1) is 6.62. The minimum absolute atomic E-state index is 1.28. The van der Waals surface area contributed by atoms with Gasteiger partial charge in [0.05, 0.1) is 0 Å². The molecule has 2 aliphatic rings. The highest BCUT2D eigenvalue weighted by Gasteiger charge is 2.11. The molecule has 1 aliphatic carbocycles. The molecule has 0 radical (unpaired) electrons. The van der Waals surface area contributed by atoms with Gasteiger partial charge in [0.15, 0.2) is 0 Å². The van der Waals surface area contributed by atoms with Crippen molar-refractivity contribution < 1.29 is 0 Å². The smallest absolute Gasteiger partial charge is 0.0474 e. The first-order valence-corrected chi connectivity index (χ1v) is 5.28. The molecule has 0 aromatic rings. The average Bonchev–Trinajstić information content (AvgIpc) is 2.59. The summed E-state index contributed by atoms with van der Waals surface area (Å²) in [6, 6.07) is 0. The Morgan fingerprint density at radius 1 is 1.00 bits per heavy atom. The third kappa shape index (κ3) is 1.18. The fourth-order valence-electron chi connectivity index (χ4n) is 0.987. The maximum absolute atomic E-state index is 2.18. The SMILES string of the molecule is C1=CC(=C2SCCS2)C=C1. The average molecular weight is 168 g/mol. The first-order valence-electron chi connectivity index (χ1n) is 3.31. The summed E-state index contributed by atoms with van der Waals surface area (Å²) in [6.07, 6.45) is 8.56. The van der Waals surface area contributed by atoms with Crippen molar-refractivity contribution in [1.82, 2.24) is 0 Å². The Bertz CT molecular complexity index is 201. The van der Waals surface area contributed by atoms with Gasteiger partial charge in [-0.3, -0.25) is 0 Å². The fraction of sp³-hybridized carbons (Fsp3) is 0.250. The normalized spacial score (nSPS) is 23.2. The molecule has 0 spiro atoms. The molecule has 2 heteroatoms. The van der Waals surface area contributed by atoms with Crippen LogP contribution >= 0.6 is 23.5 Å². The van der Waals surface area contributed by atoms with E-state index in [2.05, 4.69) is 24.3 Å². The van der Waals surface area contributed by atoms with E-state index in [1.165, 1.54) is 21.3 Å². The molecular weight excluding hydrogens is 160 g/mol. The van der Waals surface area contributed by atoms with Gasteiger partial charge in [-0.15, -0.1) is 23.5 Å². The molecule has 0 bridgehead atoms. The second kappa shape index (κ2) is 2.89. The van der Waals surface area contributed by atoms with Gasteiger partial charge < -0.3 is 0 Å². The number of hydrogen-bond acceptors (Lipinski definition) is 2. The Balaban J connectivity index is 2.26. The number of rotatable bonds is 0.